The van der Waals surface area contributed by atoms with E-state index in [1.165, 1.54) is 48.8 Å². The molecule has 0 atom stereocenters. The second kappa shape index (κ2) is 12.6. The summed E-state index contributed by atoms with van der Waals surface area (Å²) in [6.07, 6.45) is 0. The summed E-state index contributed by atoms with van der Waals surface area (Å²) in [5, 5.41) is 9.58. The molecule has 0 saturated heterocycles. The highest BCUT2D eigenvalue weighted by atomic mass is 15.0. The van der Waals surface area contributed by atoms with Crippen LogP contribution in [0.1, 0.15) is 0 Å². The van der Waals surface area contributed by atoms with Crippen LogP contribution in [0.25, 0.3) is 105 Å². The Bertz CT molecular complexity index is 3180. The Morgan fingerprint density at radius 3 is 1.44 bits per heavy atom. The first-order valence-corrected chi connectivity index (χ1v) is 18.7. The van der Waals surface area contributed by atoms with Crippen molar-refractivity contribution in [1.29, 1.82) is 0 Å². The number of hydrogen-bond donors (Lipinski definition) is 0. The summed E-state index contributed by atoms with van der Waals surface area (Å²) in [5.41, 5.74) is 10.7. The number of hydrogen-bond acceptors (Lipinski definition) is 2. The number of benzene rings is 9. The maximum atomic E-state index is 5.41. The van der Waals surface area contributed by atoms with Crippen LogP contribution in [0.3, 0.4) is 0 Å². The molecule has 0 aliphatic rings. The average molecular weight is 700 g/mol. The van der Waals surface area contributed by atoms with Gasteiger partial charge in [0.1, 0.15) is 0 Å². The van der Waals surface area contributed by atoms with Gasteiger partial charge in [-0.25, -0.2) is 9.97 Å². The molecule has 55 heavy (non-hydrogen) atoms. The molecule has 0 fully saturated rings. The lowest BCUT2D eigenvalue weighted by molar-refractivity contribution is 1.17. The molecule has 2 aromatic heterocycles. The van der Waals surface area contributed by atoms with Gasteiger partial charge in [0.05, 0.1) is 22.4 Å². The van der Waals surface area contributed by atoms with Crippen molar-refractivity contribution >= 4 is 54.1 Å². The number of fused-ring (bicyclic) bond motifs is 9. The molecule has 0 N–H and O–H groups in total. The molecule has 3 heteroatoms. The number of rotatable bonds is 5. The van der Waals surface area contributed by atoms with E-state index < -0.39 is 0 Å². The SMILES string of the molecule is c1ccc(-c2ccc3c(c2)c2ccccc2n3-c2cc(-c3nc(-c4ccccc4)cc(-c4ccccc4)n3)c3c4ccccc4c4ccccc4c3c2)cc1. The minimum atomic E-state index is 0.694. The summed E-state index contributed by atoms with van der Waals surface area (Å²) in [7, 11) is 0. The molecule has 11 aromatic rings. The second-order valence-corrected chi connectivity index (χ2v) is 14.2. The summed E-state index contributed by atoms with van der Waals surface area (Å²) in [5.74, 6) is 0.694. The Hall–Kier alpha value is -7.36. The fourth-order valence-corrected chi connectivity index (χ4v) is 8.47. The van der Waals surface area contributed by atoms with Gasteiger partial charge in [0.25, 0.3) is 0 Å². The largest absolute Gasteiger partial charge is 0.309 e. The normalized spacial score (nSPS) is 11.6. The van der Waals surface area contributed by atoms with E-state index in [4.69, 9.17) is 9.97 Å². The standard InChI is InChI=1S/C52H33N3/c1-4-16-34(17-5-1)37-28-29-50-44(30-37)42-25-14-15-27-49(42)55(50)38-31-45-41-24-11-10-22-39(41)40-23-12-13-26-43(40)51(45)46(32-38)52-53-47(35-18-6-2-7-19-35)33-48(54-52)36-20-8-3-9-21-36/h1-33H. The topological polar surface area (TPSA) is 30.7 Å². The highest BCUT2D eigenvalue weighted by molar-refractivity contribution is 6.28. The van der Waals surface area contributed by atoms with Crippen molar-refractivity contribution in [1.82, 2.24) is 14.5 Å². The molecular formula is C52H33N3. The Labute approximate surface area is 318 Å². The van der Waals surface area contributed by atoms with Crippen molar-refractivity contribution < 1.29 is 0 Å². The van der Waals surface area contributed by atoms with Crippen LogP contribution in [0.5, 0.6) is 0 Å². The molecule has 11 rings (SSSR count). The summed E-state index contributed by atoms with van der Waals surface area (Å²) in [4.78, 5) is 10.8. The van der Waals surface area contributed by atoms with Gasteiger partial charge in [0.2, 0.25) is 0 Å². The zero-order chi connectivity index (χ0) is 36.3. The second-order valence-electron chi connectivity index (χ2n) is 14.2. The van der Waals surface area contributed by atoms with E-state index in [9.17, 15) is 0 Å². The monoisotopic (exact) mass is 699 g/mol. The minimum absolute atomic E-state index is 0.694. The Morgan fingerprint density at radius 1 is 0.309 bits per heavy atom. The highest BCUT2D eigenvalue weighted by Crippen LogP contribution is 2.43. The average Bonchev–Trinajstić information content (AvgIpc) is 3.60. The van der Waals surface area contributed by atoms with E-state index in [1.54, 1.807) is 0 Å². The van der Waals surface area contributed by atoms with Gasteiger partial charge >= 0.3 is 0 Å². The van der Waals surface area contributed by atoms with Crippen molar-refractivity contribution in [2.24, 2.45) is 0 Å². The quantitative estimate of drug-likeness (QED) is 0.167. The van der Waals surface area contributed by atoms with Crippen LogP contribution < -0.4 is 0 Å². The number of aromatic nitrogens is 3. The molecule has 0 spiro atoms. The molecule has 0 radical (unpaired) electrons. The van der Waals surface area contributed by atoms with Crippen molar-refractivity contribution in [3.63, 3.8) is 0 Å². The molecule has 256 valence electrons. The van der Waals surface area contributed by atoms with Gasteiger partial charge in [-0.15, -0.1) is 0 Å². The maximum Gasteiger partial charge on any atom is 0.161 e. The van der Waals surface area contributed by atoms with Gasteiger partial charge in [-0.05, 0) is 74.5 Å². The summed E-state index contributed by atoms with van der Waals surface area (Å²) in [6.45, 7) is 0. The van der Waals surface area contributed by atoms with Crippen LogP contribution in [-0.4, -0.2) is 14.5 Å². The van der Waals surface area contributed by atoms with Gasteiger partial charge in [0.15, 0.2) is 5.82 Å². The van der Waals surface area contributed by atoms with Gasteiger partial charge in [-0.2, -0.15) is 0 Å². The fourth-order valence-electron chi connectivity index (χ4n) is 8.47. The van der Waals surface area contributed by atoms with Crippen molar-refractivity contribution in [2.45, 2.75) is 0 Å². The molecule has 0 unspecified atom stereocenters. The summed E-state index contributed by atoms with van der Waals surface area (Å²) in [6, 6.07) is 71.5. The maximum absolute atomic E-state index is 5.41. The van der Waals surface area contributed by atoms with Crippen LogP contribution >= 0.6 is 0 Å². The number of nitrogens with zero attached hydrogens (tertiary/aromatic N) is 3. The third kappa shape index (κ3) is 5.13. The third-order valence-electron chi connectivity index (χ3n) is 11.0. The smallest absolute Gasteiger partial charge is 0.161 e. The molecule has 0 saturated carbocycles. The molecule has 2 heterocycles. The predicted molar refractivity (Wildman–Crippen MR) is 231 cm³/mol. The Kier molecular flexibility index (Phi) is 7.17. The Morgan fingerprint density at radius 2 is 0.800 bits per heavy atom. The van der Waals surface area contributed by atoms with Crippen molar-refractivity contribution in [2.75, 3.05) is 0 Å². The molecule has 0 aliphatic carbocycles. The predicted octanol–water partition coefficient (Wildman–Crippen LogP) is 13.7. The van der Waals surface area contributed by atoms with E-state index >= 15 is 0 Å². The zero-order valence-electron chi connectivity index (χ0n) is 29.9. The lowest BCUT2D eigenvalue weighted by Gasteiger charge is -2.18. The van der Waals surface area contributed by atoms with Gasteiger partial charge in [0, 0.05) is 38.5 Å². The van der Waals surface area contributed by atoms with Crippen molar-refractivity contribution in [3.8, 4) is 50.7 Å². The first kappa shape index (κ1) is 31.2. The molecule has 0 amide bonds. The van der Waals surface area contributed by atoms with Crippen molar-refractivity contribution in [3.05, 3.63) is 200 Å². The van der Waals surface area contributed by atoms with E-state index in [-0.39, 0.29) is 0 Å². The van der Waals surface area contributed by atoms with E-state index in [1.807, 2.05) is 12.1 Å². The minimum Gasteiger partial charge on any atom is -0.309 e. The first-order valence-electron chi connectivity index (χ1n) is 18.7. The summed E-state index contributed by atoms with van der Waals surface area (Å²) >= 11 is 0. The zero-order valence-corrected chi connectivity index (χ0v) is 29.9. The molecular weight excluding hydrogens is 667 g/mol. The van der Waals surface area contributed by atoms with Gasteiger partial charge < -0.3 is 4.57 Å². The molecule has 9 aromatic carbocycles. The Balaban J connectivity index is 1.28. The van der Waals surface area contributed by atoms with Crippen LogP contribution in [0.2, 0.25) is 0 Å². The van der Waals surface area contributed by atoms with Crippen LogP contribution in [0, 0.1) is 0 Å². The van der Waals surface area contributed by atoms with Crippen LogP contribution in [0.4, 0.5) is 0 Å². The first-order chi connectivity index (χ1) is 27.3. The summed E-state index contributed by atoms with van der Waals surface area (Å²) < 4.78 is 2.42. The highest BCUT2D eigenvalue weighted by Gasteiger charge is 2.21. The fraction of sp³-hybridized carbons (Fsp3) is 0. The molecule has 3 nitrogen and oxygen atoms in total. The van der Waals surface area contributed by atoms with Crippen LogP contribution in [-0.2, 0) is 0 Å². The van der Waals surface area contributed by atoms with E-state index in [0.717, 1.165) is 50.2 Å². The van der Waals surface area contributed by atoms with Gasteiger partial charge in [-0.1, -0.05) is 164 Å². The van der Waals surface area contributed by atoms with Gasteiger partial charge in [-0.3, -0.25) is 0 Å². The number of para-hydroxylation sites is 1. The lowest BCUT2D eigenvalue weighted by Crippen LogP contribution is -2.00. The molecule has 0 bridgehead atoms. The van der Waals surface area contributed by atoms with E-state index in [0.29, 0.717) is 5.82 Å². The molecule has 0 aliphatic heterocycles. The third-order valence-corrected chi connectivity index (χ3v) is 11.0. The van der Waals surface area contributed by atoms with E-state index in [2.05, 4.69) is 193 Å². The lowest BCUT2D eigenvalue weighted by atomic mass is 9.90. The van der Waals surface area contributed by atoms with Crippen LogP contribution in [0.15, 0.2) is 200 Å².